The number of aromatic nitrogens is 1. The molecule has 0 spiro atoms. The van der Waals surface area contributed by atoms with Gasteiger partial charge in [0, 0.05) is 5.56 Å². The van der Waals surface area contributed by atoms with E-state index in [2.05, 4.69) is 20.0 Å². The zero-order chi connectivity index (χ0) is 19.6. The first kappa shape index (κ1) is 21.6. The maximum Gasteiger partial charge on any atom is 0.263 e. The summed E-state index contributed by atoms with van der Waals surface area (Å²) in [5.41, 5.74) is 6.51. The van der Waals surface area contributed by atoms with E-state index in [-0.39, 0.29) is 35.0 Å². The molecular formula is C18H22ClN5O3S. The number of amidine groups is 1. The Morgan fingerprint density at radius 2 is 1.96 bits per heavy atom. The van der Waals surface area contributed by atoms with Gasteiger partial charge in [0.05, 0.1) is 16.8 Å². The van der Waals surface area contributed by atoms with Crippen molar-refractivity contribution in [3.8, 4) is 0 Å². The van der Waals surface area contributed by atoms with Gasteiger partial charge in [-0.3, -0.25) is 14.5 Å². The third kappa shape index (κ3) is 4.79. The number of carbonyl (C=O) groups is 1. The van der Waals surface area contributed by atoms with Gasteiger partial charge in [-0.05, 0) is 36.6 Å². The largest absolute Gasteiger partial charge is 0.384 e. The molecule has 0 fully saturated rings. The third-order valence-electron chi connectivity index (χ3n) is 4.00. The number of rotatable bonds is 5. The van der Waals surface area contributed by atoms with Crippen LogP contribution < -0.4 is 15.8 Å². The van der Waals surface area contributed by atoms with Crippen LogP contribution in [0.3, 0.4) is 0 Å². The number of hydrogen-bond acceptors (Lipinski definition) is 6. The van der Waals surface area contributed by atoms with Gasteiger partial charge >= 0.3 is 0 Å². The van der Waals surface area contributed by atoms with Gasteiger partial charge in [0.15, 0.2) is 0 Å². The summed E-state index contributed by atoms with van der Waals surface area (Å²) in [5, 5.41) is 2.75. The maximum atomic E-state index is 12.7. The average molecular weight is 424 g/mol. The number of pyridine rings is 1. The molecule has 1 atom stereocenters. The summed E-state index contributed by atoms with van der Waals surface area (Å²) in [7, 11) is -3.65. The number of nitrogens with two attached hydrogens (primary N) is 1. The van der Waals surface area contributed by atoms with Crippen LogP contribution in [-0.4, -0.2) is 31.2 Å². The molecule has 1 unspecified atom stereocenters. The lowest BCUT2D eigenvalue weighted by Crippen LogP contribution is -2.31. The van der Waals surface area contributed by atoms with Gasteiger partial charge in [-0.1, -0.05) is 26.0 Å². The molecule has 8 nitrogen and oxygen atoms in total. The summed E-state index contributed by atoms with van der Waals surface area (Å²) in [6.45, 7) is 3.94. The predicted molar refractivity (Wildman–Crippen MR) is 111 cm³/mol. The van der Waals surface area contributed by atoms with Crippen molar-refractivity contribution < 1.29 is 13.2 Å². The van der Waals surface area contributed by atoms with Crippen LogP contribution in [0.25, 0.3) is 0 Å². The Morgan fingerprint density at radius 1 is 1.25 bits per heavy atom. The number of aliphatic imine (C=N–C) groups is 1. The molecule has 0 aliphatic carbocycles. The number of fused-ring (bicyclic) bond motifs is 1. The lowest BCUT2D eigenvalue weighted by Gasteiger charge is -2.16. The first-order valence-electron chi connectivity index (χ1n) is 8.48. The minimum Gasteiger partial charge on any atom is -0.384 e. The number of benzene rings is 1. The highest BCUT2D eigenvalue weighted by molar-refractivity contribution is 7.90. The topological polar surface area (TPSA) is 127 Å². The van der Waals surface area contributed by atoms with E-state index in [1.54, 1.807) is 30.3 Å². The van der Waals surface area contributed by atoms with Crippen LogP contribution in [0.4, 0.5) is 11.5 Å². The second-order valence-corrected chi connectivity index (χ2v) is 8.34. The van der Waals surface area contributed by atoms with E-state index >= 15 is 0 Å². The Morgan fingerprint density at radius 3 is 2.61 bits per heavy atom. The van der Waals surface area contributed by atoms with E-state index in [4.69, 9.17) is 5.73 Å². The second kappa shape index (κ2) is 8.57. The molecule has 1 amide bonds. The van der Waals surface area contributed by atoms with Crippen LogP contribution in [0, 0.1) is 5.92 Å². The van der Waals surface area contributed by atoms with E-state index in [0.29, 0.717) is 23.5 Å². The smallest absolute Gasteiger partial charge is 0.263 e. The molecule has 0 bridgehead atoms. The van der Waals surface area contributed by atoms with Gasteiger partial charge in [-0.2, -0.15) is 0 Å². The van der Waals surface area contributed by atoms with Gasteiger partial charge in [0.25, 0.3) is 10.0 Å². The van der Waals surface area contributed by atoms with Crippen molar-refractivity contribution in [2.24, 2.45) is 10.9 Å². The normalized spacial score (nSPS) is 16.8. The fraction of sp³-hybridized carbons (Fsp3) is 0.278. The lowest BCUT2D eigenvalue weighted by molar-refractivity contribution is -0.117. The molecule has 2 aromatic rings. The summed E-state index contributed by atoms with van der Waals surface area (Å²) in [4.78, 5) is 21.3. The van der Waals surface area contributed by atoms with Crippen molar-refractivity contribution in [1.29, 1.82) is 0 Å². The maximum absolute atomic E-state index is 12.7. The molecule has 4 N–H and O–H groups in total. The average Bonchev–Trinajstić information content (AvgIpc) is 2.87. The number of sulfonamides is 1. The van der Waals surface area contributed by atoms with Crippen LogP contribution >= 0.6 is 12.4 Å². The lowest BCUT2D eigenvalue weighted by atomic mass is 10.0. The van der Waals surface area contributed by atoms with E-state index in [1.165, 1.54) is 12.3 Å². The van der Waals surface area contributed by atoms with Gasteiger partial charge in [0.2, 0.25) is 5.91 Å². The molecule has 0 saturated carbocycles. The first-order chi connectivity index (χ1) is 12.8. The molecule has 10 heteroatoms. The number of hydrogen-bond donors (Lipinski definition) is 3. The fourth-order valence-corrected chi connectivity index (χ4v) is 3.99. The summed E-state index contributed by atoms with van der Waals surface area (Å²) in [5.74, 6) is 0.375. The Kier molecular flexibility index (Phi) is 6.63. The van der Waals surface area contributed by atoms with Crippen molar-refractivity contribution in [2.45, 2.75) is 31.2 Å². The minimum absolute atomic E-state index is 0. The summed E-state index contributed by atoms with van der Waals surface area (Å²) >= 11 is 0. The molecule has 0 radical (unpaired) electrons. The van der Waals surface area contributed by atoms with Crippen molar-refractivity contribution in [1.82, 2.24) is 9.71 Å². The van der Waals surface area contributed by atoms with Crippen molar-refractivity contribution >= 4 is 45.7 Å². The highest BCUT2D eigenvalue weighted by Crippen LogP contribution is 2.23. The molecule has 1 aliphatic rings. The van der Waals surface area contributed by atoms with Crippen LogP contribution in [0.2, 0.25) is 0 Å². The predicted octanol–water partition coefficient (Wildman–Crippen LogP) is 2.18. The van der Waals surface area contributed by atoms with Gasteiger partial charge in [-0.15, -0.1) is 12.4 Å². The molecular weight excluding hydrogens is 402 g/mol. The zero-order valence-corrected chi connectivity index (χ0v) is 17.0. The number of halogens is 1. The number of nitrogens with one attached hydrogen (secondary N) is 2. The van der Waals surface area contributed by atoms with Crippen LogP contribution in [-0.2, 0) is 14.8 Å². The zero-order valence-electron chi connectivity index (χ0n) is 15.4. The van der Waals surface area contributed by atoms with Crippen LogP contribution in [0.1, 0.15) is 25.8 Å². The Balaban J connectivity index is 0.00000280. The monoisotopic (exact) mass is 423 g/mol. The standard InChI is InChI=1S/C18H21N5O3S.ClH/c1-11(2)9-14(18(24)21-12-7-8-16(19)20-10-12)22-17-13-5-3-4-6-15(13)27(25,26)23-17;/h3-8,10-11,14H,9H2,1-2H3,(H2,19,20)(H,21,24)(H,22,23);1H. The summed E-state index contributed by atoms with van der Waals surface area (Å²) in [6.07, 6.45) is 1.92. The van der Waals surface area contributed by atoms with Crippen molar-refractivity contribution in [3.05, 3.63) is 48.2 Å². The van der Waals surface area contributed by atoms with Gasteiger partial charge < -0.3 is 11.1 Å². The van der Waals surface area contributed by atoms with Crippen molar-refractivity contribution in [3.63, 3.8) is 0 Å². The molecule has 3 rings (SSSR count). The van der Waals surface area contributed by atoms with Crippen molar-refractivity contribution in [2.75, 3.05) is 11.1 Å². The van der Waals surface area contributed by atoms with E-state index in [1.807, 2.05) is 13.8 Å². The molecule has 1 aromatic heterocycles. The van der Waals surface area contributed by atoms with Gasteiger partial charge in [0.1, 0.15) is 17.7 Å². The minimum atomic E-state index is -3.65. The number of nitrogen functional groups attached to an aromatic ring is 1. The highest BCUT2D eigenvalue weighted by Gasteiger charge is 2.32. The summed E-state index contributed by atoms with van der Waals surface area (Å²) in [6, 6.07) is 9.03. The van der Waals surface area contributed by atoms with E-state index < -0.39 is 16.1 Å². The SMILES string of the molecule is CC(C)CC(N=C1NS(=O)(=O)c2ccccc21)C(=O)Nc1ccc(N)nc1.Cl. The van der Waals surface area contributed by atoms with Crippen LogP contribution in [0.15, 0.2) is 52.5 Å². The molecule has 0 saturated heterocycles. The molecule has 150 valence electrons. The molecule has 1 aromatic carbocycles. The highest BCUT2D eigenvalue weighted by atomic mass is 35.5. The van der Waals surface area contributed by atoms with Gasteiger partial charge in [-0.25, -0.2) is 13.4 Å². The number of anilines is 2. The molecule has 2 heterocycles. The molecule has 28 heavy (non-hydrogen) atoms. The van der Waals surface area contributed by atoms with E-state index in [0.717, 1.165) is 0 Å². The third-order valence-corrected chi connectivity index (χ3v) is 5.40. The van der Waals surface area contributed by atoms with Crippen LogP contribution in [0.5, 0.6) is 0 Å². The fourth-order valence-electron chi connectivity index (χ4n) is 2.76. The molecule has 1 aliphatic heterocycles. The Labute approximate surface area is 170 Å². The summed E-state index contributed by atoms with van der Waals surface area (Å²) < 4.78 is 26.9. The van der Waals surface area contributed by atoms with E-state index in [9.17, 15) is 13.2 Å². The number of amides is 1. The number of carbonyl (C=O) groups excluding carboxylic acids is 1. The Bertz CT molecular complexity index is 991. The quantitative estimate of drug-likeness (QED) is 0.679. The Hall–Kier alpha value is -2.65. The second-order valence-electron chi connectivity index (χ2n) is 6.69. The first-order valence-corrected chi connectivity index (χ1v) is 9.97. The number of nitrogens with zero attached hydrogens (tertiary/aromatic N) is 2.